The number of rotatable bonds is 4. The Morgan fingerprint density at radius 2 is 1.35 bits per heavy atom. The Kier molecular flexibility index (Phi) is 3.67. The standard InChI is InChI=1S/C11H14O6/c1-5(12)6-7(13)8(14)10(16-3)11(17-4)9(6)15-2/h13-14H,1-4H3. The quantitative estimate of drug-likeness (QED) is 0.612. The first-order chi connectivity index (χ1) is 7.99. The summed E-state index contributed by atoms with van der Waals surface area (Å²) in [6, 6.07) is 0. The zero-order chi connectivity index (χ0) is 13.2. The molecule has 0 heterocycles. The van der Waals surface area contributed by atoms with Crippen LogP contribution in [0.5, 0.6) is 28.7 Å². The number of methoxy groups -OCH3 is 3. The Hall–Kier alpha value is -2.11. The summed E-state index contributed by atoms with van der Waals surface area (Å²) < 4.78 is 14.9. The fraction of sp³-hybridized carbons (Fsp3) is 0.364. The number of benzene rings is 1. The molecule has 2 N–H and O–H groups in total. The molecule has 0 saturated heterocycles. The molecular weight excluding hydrogens is 228 g/mol. The van der Waals surface area contributed by atoms with Gasteiger partial charge in [-0.25, -0.2) is 0 Å². The van der Waals surface area contributed by atoms with Crippen LogP contribution in [0.15, 0.2) is 0 Å². The lowest BCUT2D eigenvalue weighted by molar-refractivity contribution is 0.101. The van der Waals surface area contributed by atoms with Crippen LogP contribution in [0.1, 0.15) is 17.3 Å². The van der Waals surface area contributed by atoms with Crippen LogP contribution < -0.4 is 14.2 Å². The molecular formula is C11H14O6. The van der Waals surface area contributed by atoms with Crippen molar-refractivity contribution >= 4 is 5.78 Å². The van der Waals surface area contributed by atoms with Gasteiger partial charge >= 0.3 is 0 Å². The van der Waals surface area contributed by atoms with E-state index in [4.69, 9.17) is 14.2 Å². The summed E-state index contributed by atoms with van der Waals surface area (Å²) >= 11 is 0. The predicted molar refractivity (Wildman–Crippen MR) is 59.4 cm³/mol. The SMILES string of the molecule is COc1c(O)c(O)c(C(C)=O)c(OC)c1OC. The lowest BCUT2D eigenvalue weighted by atomic mass is 10.1. The lowest BCUT2D eigenvalue weighted by Gasteiger charge is -2.17. The molecule has 0 aliphatic carbocycles. The molecule has 0 unspecified atom stereocenters. The first-order valence-electron chi connectivity index (χ1n) is 4.74. The van der Waals surface area contributed by atoms with Gasteiger partial charge in [0.1, 0.15) is 5.56 Å². The number of carbonyl (C=O) groups excluding carboxylic acids is 1. The van der Waals surface area contributed by atoms with E-state index >= 15 is 0 Å². The molecule has 0 aromatic heterocycles. The smallest absolute Gasteiger partial charge is 0.211 e. The first-order valence-corrected chi connectivity index (χ1v) is 4.74. The Labute approximate surface area is 98.3 Å². The van der Waals surface area contributed by atoms with Crippen LogP contribution in [0.3, 0.4) is 0 Å². The van der Waals surface area contributed by atoms with Crippen LogP contribution in [0.4, 0.5) is 0 Å². The molecule has 0 radical (unpaired) electrons. The summed E-state index contributed by atoms with van der Waals surface area (Å²) in [7, 11) is 3.95. The molecule has 0 bridgehead atoms. The second kappa shape index (κ2) is 4.82. The van der Waals surface area contributed by atoms with Crippen molar-refractivity contribution in [2.75, 3.05) is 21.3 Å². The molecule has 6 heteroatoms. The van der Waals surface area contributed by atoms with Crippen LogP contribution >= 0.6 is 0 Å². The highest BCUT2D eigenvalue weighted by Gasteiger charge is 2.28. The van der Waals surface area contributed by atoms with Crippen molar-refractivity contribution in [3.05, 3.63) is 5.56 Å². The maximum atomic E-state index is 11.4. The maximum Gasteiger partial charge on any atom is 0.211 e. The number of phenolic OH excluding ortho intramolecular Hbond substituents is 2. The molecule has 1 aromatic rings. The lowest BCUT2D eigenvalue weighted by Crippen LogP contribution is -2.03. The molecule has 6 nitrogen and oxygen atoms in total. The molecule has 0 spiro atoms. The van der Waals surface area contributed by atoms with Crippen molar-refractivity contribution < 1.29 is 29.2 Å². The van der Waals surface area contributed by atoms with Gasteiger partial charge in [-0.2, -0.15) is 0 Å². The van der Waals surface area contributed by atoms with Crippen molar-refractivity contribution in [2.45, 2.75) is 6.92 Å². The minimum Gasteiger partial charge on any atom is -0.504 e. The summed E-state index contributed by atoms with van der Waals surface area (Å²) in [5, 5.41) is 19.4. The van der Waals surface area contributed by atoms with Gasteiger partial charge in [0.05, 0.1) is 21.3 Å². The van der Waals surface area contributed by atoms with Crippen LogP contribution in [-0.2, 0) is 0 Å². The Bertz CT molecular complexity index is 452. The van der Waals surface area contributed by atoms with E-state index in [1.165, 1.54) is 28.3 Å². The van der Waals surface area contributed by atoms with Gasteiger partial charge < -0.3 is 24.4 Å². The van der Waals surface area contributed by atoms with Crippen molar-refractivity contribution in [1.82, 2.24) is 0 Å². The zero-order valence-corrected chi connectivity index (χ0v) is 10.0. The topological polar surface area (TPSA) is 85.2 Å². The normalized spacial score (nSPS) is 9.88. The van der Waals surface area contributed by atoms with Gasteiger partial charge in [-0.05, 0) is 6.92 Å². The summed E-state index contributed by atoms with van der Waals surface area (Å²) in [5.41, 5.74) is -0.150. The molecule has 0 fully saturated rings. The number of aromatic hydroxyl groups is 2. The number of phenols is 2. The van der Waals surface area contributed by atoms with E-state index in [2.05, 4.69) is 0 Å². The summed E-state index contributed by atoms with van der Waals surface area (Å²) in [6.45, 7) is 1.24. The van der Waals surface area contributed by atoms with Gasteiger partial charge in [-0.15, -0.1) is 0 Å². The molecule has 0 amide bonds. The van der Waals surface area contributed by atoms with Crippen LogP contribution in [0.2, 0.25) is 0 Å². The molecule has 1 rings (SSSR count). The molecule has 94 valence electrons. The van der Waals surface area contributed by atoms with Crippen LogP contribution in [-0.4, -0.2) is 37.3 Å². The Morgan fingerprint density at radius 3 is 1.71 bits per heavy atom. The highest BCUT2D eigenvalue weighted by atomic mass is 16.5. The molecule has 0 saturated carbocycles. The van der Waals surface area contributed by atoms with E-state index in [0.29, 0.717) is 0 Å². The maximum absolute atomic E-state index is 11.4. The third-order valence-corrected chi connectivity index (χ3v) is 2.28. The van der Waals surface area contributed by atoms with Crippen molar-refractivity contribution in [3.8, 4) is 28.7 Å². The van der Waals surface area contributed by atoms with Gasteiger partial charge in [-0.3, -0.25) is 4.79 Å². The van der Waals surface area contributed by atoms with E-state index < -0.39 is 17.3 Å². The Morgan fingerprint density at radius 1 is 0.882 bits per heavy atom. The van der Waals surface area contributed by atoms with Crippen molar-refractivity contribution in [3.63, 3.8) is 0 Å². The molecule has 17 heavy (non-hydrogen) atoms. The number of hydrogen-bond donors (Lipinski definition) is 2. The second-order valence-corrected chi connectivity index (χ2v) is 3.23. The average Bonchev–Trinajstić information content (AvgIpc) is 2.30. The molecule has 0 aliphatic rings. The van der Waals surface area contributed by atoms with E-state index in [1.807, 2.05) is 0 Å². The minimum atomic E-state index is -0.591. The van der Waals surface area contributed by atoms with Crippen molar-refractivity contribution in [2.24, 2.45) is 0 Å². The highest BCUT2D eigenvalue weighted by molar-refractivity contribution is 6.02. The highest BCUT2D eigenvalue weighted by Crippen LogP contribution is 2.52. The number of ketones is 1. The van der Waals surface area contributed by atoms with Gasteiger partial charge in [0.15, 0.2) is 17.3 Å². The van der Waals surface area contributed by atoms with E-state index in [-0.39, 0.29) is 22.8 Å². The molecule has 0 atom stereocenters. The minimum absolute atomic E-state index is 0.0205. The van der Waals surface area contributed by atoms with E-state index in [0.717, 1.165) is 0 Å². The largest absolute Gasteiger partial charge is 0.504 e. The molecule has 1 aromatic carbocycles. The Balaban J connectivity index is 3.74. The van der Waals surface area contributed by atoms with Gasteiger partial charge in [0, 0.05) is 0 Å². The number of hydrogen-bond acceptors (Lipinski definition) is 6. The second-order valence-electron chi connectivity index (χ2n) is 3.23. The van der Waals surface area contributed by atoms with Gasteiger partial charge in [-0.1, -0.05) is 0 Å². The first kappa shape index (κ1) is 13.0. The zero-order valence-electron chi connectivity index (χ0n) is 10.0. The predicted octanol–water partition coefficient (Wildman–Crippen LogP) is 1.33. The number of carbonyl (C=O) groups is 1. The molecule has 0 aliphatic heterocycles. The summed E-state index contributed by atoms with van der Waals surface area (Å²) in [5.74, 6) is -1.63. The van der Waals surface area contributed by atoms with Crippen LogP contribution in [0, 0.1) is 0 Å². The van der Waals surface area contributed by atoms with E-state index in [1.54, 1.807) is 0 Å². The third kappa shape index (κ3) is 1.93. The van der Waals surface area contributed by atoms with Gasteiger partial charge in [0.25, 0.3) is 0 Å². The fourth-order valence-electron chi connectivity index (χ4n) is 1.55. The monoisotopic (exact) mass is 242 g/mol. The average molecular weight is 242 g/mol. The third-order valence-electron chi connectivity index (χ3n) is 2.28. The number of ether oxygens (including phenoxy) is 3. The van der Waals surface area contributed by atoms with E-state index in [9.17, 15) is 15.0 Å². The number of Topliss-reactive ketones (excluding diaryl/α,β-unsaturated/α-hetero) is 1. The van der Waals surface area contributed by atoms with Gasteiger partial charge in [0.2, 0.25) is 17.2 Å². The fourth-order valence-corrected chi connectivity index (χ4v) is 1.55. The summed E-state index contributed by atoms with van der Waals surface area (Å²) in [4.78, 5) is 11.4. The van der Waals surface area contributed by atoms with Crippen molar-refractivity contribution in [1.29, 1.82) is 0 Å². The van der Waals surface area contributed by atoms with Crippen LogP contribution in [0.25, 0.3) is 0 Å². The summed E-state index contributed by atoms with van der Waals surface area (Å²) in [6.07, 6.45) is 0.